The molecule has 1 unspecified atom stereocenters. The lowest BCUT2D eigenvalue weighted by Crippen LogP contribution is -2.52. The SMILES string of the molecule is CCCCN(CCO)C(COC)C(=O)NN. The number of aliphatic hydroxyl groups excluding tert-OH is 1. The molecule has 0 radical (unpaired) electrons. The Morgan fingerprint density at radius 3 is 2.69 bits per heavy atom. The third-order valence-electron chi connectivity index (χ3n) is 2.40. The Morgan fingerprint density at radius 1 is 1.56 bits per heavy atom. The van der Waals surface area contributed by atoms with Crippen molar-refractivity contribution < 1.29 is 14.6 Å². The Kier molecular flexibility index (Phi) is 9.12. The van der Waals surface area contributed by atoms with Gasteiger partial charge in [0, 0.05) is 13.7 Å². The van der Waals surface area contributed by atoms with Crippen molar-refractivity contribution in [1.29, 1.82) is 0 Å². The summed E-state index contributed by atoms with van der Waals surface area (Å²) in [7, 11) is 1.54. The molecular formula is C10H23N3O3. The number of rotatable bonds is 9. The van der Waals surface area contributed by atoms with Crippen LogP contribution in [-0.4, -0.2) is 55.4 Å². The standard InChI is InChI=1S/C10H23N3O3/c1-3-4-5-13(6-7-14)9(8-16-2)10(15)12-11/h9,14H,3-8,11H2,1-2H3,(H,12,15). The summed E-state index contributed by atoms with van der Waals surface area (Å²) in [6.45, 7) is 3.56. The summed E-state index contributed by atoms with van der Waals surface area (Å²) in [6, 6.07) is -0.436. The molecule has 0 saturated heterocycles. The van der Waals surface area contributed by atoms with Gasteiger partial charge in [0.05, 0.1) is 13.2 Å². The monoisotopic (exact) mass is 233 g/mol. The third kappa shape index (κ3) is 5.41. The van der Waals surface area contributed by atoms with E-state index in [4.69, 9.17) is 15.7 Å². The predicted octanol–water partition coefficient (Wildman–Crippen LogP) is -0.914. The highest BCUT2D eigenvalue weighted by Gasteiger charge is 2.24. The summed E-state index contributed by atoms with van der Waals surface area (Å²) in [4.78, 5) is 13.4. The third-order valence-corrected chi connectivity index (χ3v) is 2.40. The summed E-state index contributed by atoms with van der Waals surface area (Å²) < 4.78 is 4.99. The minimum absolute atomic E-state index is 0.0157. The number of nitrogens with two attached hydrogens (primary N) is 1. The van der Waals surface area contributed by atoms with Gasteiger partial charge in [-0.15, -0.1) is 0 Å². The number of unbranched alkanes of at least 4 members (excludes halogenated alkanes) is 1. The number of hydrogen-bond donors (Lipinski definition) is 3. The average Bonchev–Trinajstić information content (AvgIpc) is 2.31. The predicted molar refractivity (Wildman–Crippen MR) is 61.6 cm³/mol. The minimum Gasteiger partial charge on any atom is -0.395 e. The molecule has 4 N–H and O–H groups in total. The van der Waals surface area contributed by atoms with Gasteiger partial charge in [-0.3, -0.25) is 15.1 Å². The zero-order valence-corrected chi connectivity index (χ0v) is 10.1. The van der Waals surface area contributed by atoms with E-state index in [0.717, 1.165) is 19.4 Å². The van der Waals surface area contributed by atoms with Gasteiger partial charge in [0.2, 0.25) is 0 Å². The van der Waals surface area contributed by atoms with Crippen molar-refractivity contribution in [3.05, 3.63) is 0 Å². The quantitative estimate of drug-likeness (QED) is 0.272. The second kappa shape index (κ2) is 9.53. The van der Waals surface area contributed by atoms with Gasteiger partial charge in [0.15, 0.2) is 0 Å². The number of carbonyl (C=O) groups is 1. The summed E-state index contributed by atoms with van der Waals surface area (Å²) >= 11 is 0. The van der Waals surface area contributed by atoms with Crippen LogP contribution >= 0.6 is 0 Å². The van der Waals surface area contributed by atoms with Crippen LogP contribution in [0.1, 0.15) is 19.8 Å². The molecule has 0 aromatic carbocycles. The summed E-state index contributed by atoms with van der Waals surface area (Å²) in [5, 5.41) is 8.96. The van der Waals surface area contributed by atoms with E-state index in [1.54, 1.807) is 0 Å². The van der Waals surface area contributed by atoms with Crippen LogP contribution in [0.15, 0.2) is 0 Å². The van der Waals surface area contributed by atoms with Gasteiger partial charge >= 0.3 is 0 Å². The lowest BCUT2D eigenvalue weighted by molar-refractivity contribution is -0.128. The van der Waals surface area contributed by atoms with Crippen LogP contribution in [0.5, 0.6) is 0 Å². The Morgan fingerprint density at radius 2 is 2.25 bits per heavy atom. The number of amides is 1. The fourth-order valence-corrected chi connectivity index (χ4v) is 1.51. The average molecular weight is 233 g/mol. The Labute approximate surface area is 96.7 Å². The molecule has 0 aliphatic carbocycles. The first-order chi connectivity index (χ1) is 7.71. The van der Waals surface area contributed by atoms with E-state index in [-0.39, 0.29) is 19.1 Å². The van der Waals surface area contributed by atoms with Gasteiger partial charge < -0.3 is 9.84 Å². The topological polar surface area (TPSA) is 87.8 Å². The number of methoxy groups -OCH3 is 1. The van der Waals surface area contributed by atoms with Crippen LogP contribution in [0.3, 0.4) is 0 Å². The van der Waals surface area contributed by atoms with Crippen molar-refractivity contribution in [3.8, 4) is 0 Å². The summed E-state index contributed by atoms with van der Waals surface area (Å²) in [5.74, 6) is 4.84. The number of ether oxygens (including phenoxy) is 1. The summed E-state index contributed by atoms with van der Waals surface area (Å²) in [6.07, 6.45) is 2.00. The molecule has 6 nitrogen and oxygen atoms in total. The Balaban J connectivity index is 4.43. The van der Waals surface area contributed by atoms with Gasteiger partial charge in [0.25, 0.3) is 5.91 Å². The van der Waals surface area contributed by atoms with Gasteiger partial charge in [-0.25, -0.2) is 5.84 Å². The van der Waals surface area contributed by atoms with Crippen LogP contribution in [0, 0.1) is 0 Å². The highest BCUT2D eigenvalue weighted by Crippen LogP contribution is 2.03. The molecule has 6 heteroatoms. The molecule has 16 heavy (non-hydrogen) atoms. The second-order valence-electron chi connectivity index (χ2n) is 3.59. The van der Waals surface area contributed by atoms with Gasteiger partial charge in [0.1, 0.15) is 6.04 Å². The molecule has 0 bridgehead atoms. The number of nitrogens with zero attached hydrogens (tertiary/aromatic N) is 1. The first-order valence-corrected chi connectivity index (χ1v) is 5.55. The van der Waals surface area contributed by atoms with E-state index < -0.39 is 6.04 Å². The van der Waals surface area contributed by atoms with Crippen LogP contribution in [0.2, 0.25) is 0 Å². The first kappa shape index (κ1) is 15.3. The number of carbonyl (C=O) groups excluding carboxylic acids is 1. The molecule has 0 rings (SSSR count). The van der Waals surface area contributed by atoms with Crippen molar-refractivity contribution in [3.63, 3.8) is 0 Å². The first-order valence-electron chi connectivity index (χ1n) is 5.55. The largest absolute Gasteiger partial charge is 0.395 e. The number of hydrogen-bond acceptors (Lipinski definition) is 5. The zero-order chi connectivity index (χ0) is 12.4. The summed E-state index contributed by atoms with van der Waals surface area (Å²) in [5.41, 5.74) is 2.12. The maximum Gasteiger partial charge on any atom is 0.253 e. The van der Waals surface area contributed by atoms with Gasteiger partial charge in [-0.05, 0) is 13.0 Å². The highest BCUT2D eigenvalue weighted by atomic mass is 16.5. The molecule has 1 atom stereocenters. The molecule has 0 fully saturated rings. The fourth-order valence-electron chi connectivity index (χ4n) is 1.51. The van der Waals surface area contributed by atoms with Crippen LogP contribution < -0.4 is 11.3 Å². The van der Waals surface area contributed by atoms with Crippen LogP contribution in [0.4, 0.5) is 0 Å². The van der Waals surface area contributed by atoms with E-state index in [0.29, 0.717) is 6.54 Å². The van der Waals surface area contributed by atoms with Crippen molar-refractivity contribution in [1.82, 2.24) is 10.3 Å². The fraction of sp³-hybridized carbons (Fsp3) is 0.900. The zero-order valence-electron chi connectivity index (χ0n) is 10.1. The van der Waals surface area contributed by atoms with Crippen molar-refractivity contribution in [2.45, 2.75) is 25.8 Å². The second-order valence-corrected chi connectivity index (χ2v) is 3.59. The van der Waals surface area contributed by atoms with E-state index in [2.05, 4.69) is 12.3 Å². The smallest absolute Gasteiger partial charge is 0.253 e. The Bertz CT molecular complexity index is 190. The van der Waals surface area contributed by atoms with Crippen molar-refractivity contribution in [2.24, 2.45) is 5.84 Å². The van der Waals surface area contributed by atoms with E-state index in [9.17, 15) is 4.79 Å². The molecule has 0 heterocycles. The van der Waals surface area contributed by atoms with E-state index in [1.807, 2.05) is 4.90 Å². The normalized spacial score (nSPS) is 12.8. The molecule has 0 aliphatic heterocycles. The van der Waals surface area contributed by atoms with E-state index >= 15 is 0 Å². The van der Waals surface area contributed by atoms with Crippen LogP contribution in [-0.2, 0) is 9.53 Å². The number of aliphatic hydroxyl groups is 1. The molecule has 0 spiro atoms. The minimum atomic E-state index is -0.436. The van der Waals surface area contributed by atoms with Gasteiger partial charge in [-0.1, -0.05) is 13.3 Å². The van der Waals surface area contributed by atoms with Crippen molar-refractivity contribution >= 4 is 5.91 Å². The maximum absolute atomic E-state index is 11.5. The number of hydrazine groups is 1. The maximum atomic E-state index is 11.5. The molecular weight excluding hydrogens is 210 g/mol. The highest BCUT2D eigenvalue weighted by molar-refractivity contribution is 5.81. The van der Waals surface area contributed by atoms with Gasteiger partial charge in [-0.2, -0.15) is 0 Å². The molecule has 1 amide bonds. The van der Waals surface area contributed by atoms with Crippen molar-refractivity contribution in [2.75, 3.05) is 33.4 Å². The molecule has 0 aliphatic rings. The molecule has 0 saturated carbocycles. The van der Waals surface area contributed by atoms with E-state index in [1.165, 1.54) is 7.11 Å². The lowest BCUT2D eigenvalue weighted by Gasteiger charge is -2.29. The number of nitrogens with one attached hydrogen (secondary N) is 1. The molecule has 96 valence electrons. The molecule has 0 aromatic rings. The molecule has 0 aromatic heterocycles. The lowest BCUT2D eigenvalue weighted by atomic mass is 10.2. The van der Waals surface area contributed by atoms with Crippen LogP contribution in [0.25, 0.3) is 0 Å². The Hall–Kier alpha value is -0.690.